The number of nitrogens with one attached hydrogen (secondary N) is 1. The minimum atomic E-state index is -0.560. The highest BCUT2D eigenvalue weighted by Crippen LogP contribution is 2.26. The van der Waals surface area contributed by atoms with E-state index in [1.54, 1.807) is 12.1 Å². The van der Waals surface area contributed by atoms with Gasteiger partial charge in [-0.3, -0.25) is 4.79 Å². The number of rotatable bonds is 6. The number of halogens is 1. The average molecular weight is 372 g/mol. The molecule has 138 valence electrons. The highest BCUT2D eigenvalue weighted by Gasteiger charge is 2.22. The molecule has 0 aromatic heterocycles. The van der Waals surface area contributed by atoms with Gasteiger partial charge in [0.2, 0.25) is 0 Å². The molecule has 2 aromatic rings. The number of carbonyl (C=O) groups is 1. The van der Waals surface area contributed by atoms with Crippen LogP contribution in [0.2, 0.25) is 5.02 Å². The molecule has 0 heterocycles. The maximum absolute atomic E-state index is 12.7. The first-order chi connectivity index (χ1) is 12.6. The molecule has 2 atom stereocenters. The molecule has 2 aromatic carbocycles. The third-order valence-electron chi connectivity index (χ3n) is 5.00. The number of aryl methyl sites for hydroxylation is 2. The predicted octanol–water partition coefficient (Wildman–Crippen LogP) is 5.25. The van der Waals surface area contributed by atoms with Gasteiger partial charge >= 0.3 is 0 Å². The second-order valence-electron chi connectivity index (χ2n) is 6.91. The van der Waals surface area contributed by atoms with Crippen LogP contribution in [-0.2, 0) is 17.6 Å². The van der Waals surface area contributed by atoms with Gasteiger partial charge in [0, 0.05) is 0 Å². The Kier molecular flexibility index (Phi) is 6.20. The molecule has 0 spiro atoms. The van der Waals surface area contributed by atoms with Crippen LogP contribution in [0.4, 0.5) is 0 Å². The molecule has 0 saturated heterocycles. The molecular weight excluding hydrogens is 346 g/mol. The summed E-state index contributed by atoms with van der Waals surface area (Å²) < 4.78 is 5.84. The number of para-hydroxylation sites is 1. The van der Waals surface area contributed by atoms with Crippen molar-refractivity contribution >= 4 is 17.5 Å². The summed E-state index contributed by atoms with van der Waals surface area (Å²) in [7, 11) is 0. The van der Waals surface area contributed by atoms with Crippen LogP contribution in [0.15, 0.2) is 42.5 Å². The molecule has 0 saturated carbocycles. The molecule has 1 N–H and O–H groups in total. The lowest BCUT2D eigenvalue weighted by molar-refractivity contribution is -0.128. The fourth-order valence-electron chi connectivity index (χ4n) is 3.43. The summed E-state index contributed by atoms with van der Waals surface area (Å²) in [6.07, 6.45) is 4.84. The zero-order valence-corrected chi connectivity index (χ0v) is 16.2. The minimum Gasteiger partial charge on any atom is -0.479 e. The van der Waals surface area contributed by atoms with Crippen LogP contribution in [0.5, 0.6) is 5.75 Å². The summed E-state index contributed by atoms with van der Waals surface area (Å²) >= 11 is 6.14. The highest BCUT2D eigenvalue weighted by atomic mass is 35.5. The quantitative estimate of drug-likeness (QED) is 0.752. The maximum Gasteiger partial charge on any atom is 0.261 e. The van der Waals surface area contributed by atoms with E-state index in [1.807, 2.05) is 26.0 Å². The molecule has 1 amide bonds. The van der Waals surface area contributed by atoms with Crippen molar-refractivity contribution < 1.29 is 9.53 Å². The summed E-state index contributed by atoms with van der Waals surface area (Å²) in [6.45, 7) is 3.95. The first-order valence-electron chi connectivity index (χ1n) is 9.41. The number of hydrogen-bond donors (Lipinski definition) is 1. The van der Waals surface area contributed by atoms with E-state index < -0.39 is 6.10 Å². The first kappa shape index (κ1) is 18.8. The molecule has 0 radical (unpaired) electrons. The number of fused-ring (bicyclic) bond motifs is 1. The van der Waals surface area contributed by atoms with Crippen LogP contribution < -0.4 is 10.1 Å². The van der Waals surface area contributed by atoms with Crippen LogP contribution in [-0.4, -0.2) is 12.0 Å². The SMILES string of the molecule is CCC(Oc1ccccc1Cl)C(=O)NC(C)c1ccc2c(c1)CCCC2. The normalized spacial score (nSPS) is 15.7. The summed E-state index contributed by atoms with van der Waals surface area (Å²) in [4.78, 5) is 12.7. The Morgan fingerprint density at radius 3 is 2.62 bits per heavy atom. The van der Waals surface area contributed by atoms with Crippen LogP contribution in [0.25, 0.3) is 0 Å². The standard InChI is InChI=1S/C22H26ClNO2/c1-3-20(26-21-11-7-6-10-19(21)23)22(25)24-15(2)17-13-12-16-8-4-5-9-18(16)14-17/h6-7,10-15,20H,3-5,8-9H2,1-2H3,(H,24,25). The fourth-order valence-corrected chi connectivity index (χ4v) is 3.61. The number of ether oxygens (including phenoxy) is 1. The van der Waals surface area contributed by atoms with E-state index in [1.165, 1.54) is 30.4 Å². The Morgan fingerprint density at radius 2 is 1.88 bits per heavy atom. The number of amides is 1. The van der Waals surface area contributed by atoms with Crippen molar-refractivity contribution in [2.45, 2.75) is 58.1 Å². The van der Waals surface area contributed by atoms with Crippen molar-refractivity contribution in [3.63, 3.8) is 0 Å². The van der Waals surface area contributed by atoms with Gasteiger partial charge in [-0.15, -0.1) is 0 Å². The summed E-state index contributed by atoms with van der Waals surface area (Å²) in [6, 6.07) is 13.8. The Hall–Kier alpha value is -2.00. The second kappa shape index (κ2) is 8.59. The molecule has 3 nitrogen and oxygen atoms in total. The van der Waals surface area contributed by atoms with Gasteiger partial charge in [-0.05, 0) is 67.9 Å². The van der Waals surface area contributed by atoms with Crippen molar-refractivity contribution in [1.29, 1.82) is 0 Å². The Labute approximate surface area is 160 Å². The second-order valence-corrected chi connectivity index (χ2v) is 7.32. The Bertz CT molecular complexity index is 774. The van der Waals surface area contributed by atoms with E-state index in [4.69, 9.17) is 16.3 Å². The van der Waals surface area contributed by atoms with E-state index in [9.17, 15) is 4.79 Å². The van der Waals surface area contributed by atoms with Crippen LogP contribution in [0.3, 0.4) is 0 Å². The number of carbonyl (C=O) groups excluding carboxylic acids is 1. The van der Waals surface area contributed by atoms with E-state index >= 15 is 0 Å². The molecule has 1 aliphatic rings. The topological polar surface area (TPSA) is 38.3 Å². The van der Waals surface area contributed by atoms with Gasteiger partial charge in [-0.1, -0.05) is 48.9 Å². The molecule has 0 bridgehead atoms. The van der Waals surface area contributed by atoms with E-state index in [0.717, 1.165) is 12.0 Å². The van der Waals surface area contributed by atoms with Crippen molar-refractivity contribution in [3.8, 4) is 5.75 Å². The van der Waals surface area contributed by atoms with Crippen molar-refractivity contribution in [1.82, 2.24) is 5.32 Å². The molecule has 2 unspecified atom stereocenters. The lowest BCUT2D eigenvalue weighted by Crippen LogP contribution is -2.39. The van der Waals surface area contributed by atoms with Gasteiger partial charge < -0.3 is 10.1 Å². The molecule has 0 fully saturated rings. The lowest BCUT2D eigenvalue weighted by atomic mass is 9.89. The zero-order valence-electron chi connectivity index (χ0n) is 15.4. The monoisotopic (exact) mass is 371 g/mol. The van der Waals surface area contributed by atoms with Crippen LogP contribution in [0.1, 0.15) is 55.8 Å². The van der Waals surface area contributed by atoms with Crippen molar-refractivity contribution in [2.75, 3.05) is 0 Å². The average Bonchev–Trinajstić information content (AvgIpc) is 2.66. The number of benzene rings is 2. The minimum absolute atomic E-state index is 0.0568. The smallest absolute Gasteiger partial charge is 0.261 e. The number of hydrogen-bond acceptors (Lipinski definition) is 2. The van der Waals surface area contributed by atoms with E-state index in [0.29, 0.717) is 17.2 Å². The van der Waals surface area contributed by atoms with Gasteiger partial charge in [-0.2, -0.15) is 0 Å². The van der Waals surface area contributed by atoms with Crippen LogP contribution >= 0.6 is 11.6 Å². The van der Waals surface area contributed by atoms with Gasteiger partial charge in [0.15, 0.2) is 6.10 Å². The Morgan fingerprint density at radius 1 is 1.15 bits per heavy atom. The van der Waals surface area contributed by atoms with E-state index in [-0.39, 0.29) is 11.9 Å². The molecule has 3 rings (SSSR count). The molecule has 0 aliphatic heterocycles. The van der Waals surface area contributed by atoms with Gasteiger partial charge in [0.1, 0.15) is 5.75 Å². The van der Waals surface area contributed by atoms with Gasteiger partial charge in [-0.25, -0.2) is 0 Å². The summed E-state index contributed by atoms with van der Waals surface area (Å²) in [5.41, 5.74) is 4.02. The highest BCUT2D eigenvalue weighted by molar-refractivity contribution is 6.32. The maximum atomic E-state index is 12.7. The largest absolute Gasteiger partial charge is 0.479 e. The Balaban J connectivity index is 1.66. The predicted molar refractivity (Wildman–Crippen MR) is 106 cm³/mol. The third-order valence-corrected chi connectivity index (χ3v) is 5.31. The summed E-state index contributed by atoms with van der Waals surface area (Å²) in [5, 5.41) is 3.60. The van der Waals surface area contributed by atoms with E-state index in [2.05, 4.69) is 23.5 Å². The molecular formula is C22H26ClNO2. The molecule has 26 heavy (non-hydrogen) atoms. The van der Waals surface area contributed by atoms with Crippen molar-refractivity contribution in [3.05, 3.63) is 64.2 Å². The van der Waals surface area contributed by atoms with Crippen LogP contribution in [0, 0.1) is 0 Å². The lowest BCUT2D eigenvalue weighted by Gasteiger charge is -2.23. The first-order valence-corrected chi connectivity index (χ1v) is 9.79. The molecule has 1 aliphatic carbocycles. The third kappa shape index (κ3) is 4.39. The molecule has 4 heteroatoms. The van der Waals surface area contributed by atoms with Gasteiger partial charge in [0.05, 0.1) is 11.1 Å². The zero-order chi connectivity index (χ0) is 18.5. The summed E-state index contributed by atoms with van der Waals surface area (Å²) in [5.74, 6) is 0.426. The van der Waals surface area contributed by atoms with Crippen molar-refractivity contribution in [2.24, 2.45) is 0 Å². The fraction of sp³-hybridized carbons (Fsp3) is 0.409. The van der Waals surface area contributed by atoms with Gasteiger partial charge in [0.25, 0.3) is 5.91 Å².